The van der Waals surface area contributed by atoms with Crippen molar-refractivity contribution in [1.82, 2.24) is 0 Å². The standard InChI is InChI=1S/C14H20O/c1-13(15)14-11-9-7-5-3-2-4-6-8-10-12-14/h3,5-6,8,11H,2,4,7,9-10,12H2,1H3/b5-3+,8-6+,14-11-. The van der Waals surface area contributed by atoms with Crippen LogP contribution >= 0.6 is 0 Å². The van der Waals surface area contributed by atoms with Gasteiger partial charge in [-0.15, -0.1) is 0 Å². The number of hydrogen-bond donors (Lipinski definition) is 0. The minimum Gasteiger partial charge on any atom is -0.295 e. The van der Waals surface area contributed by atoms with Crippen molar-refractivity contribution in [2.24, 2.45) is 0 Å². The van der Waals surface area contributed by atoms with Gasteiger partial charge in [-0.3, -0.25) is 4.79 Å². The lowest BCUT2D eigenvalue weighted by atomic mass is 10.0. The summed E-state index contributed by atoms with van der Waals surface area (Å²) in [7, 11) is 0. The molecule has 15 heavy (non-hydrogen) atoms. The van der Waals surface area contributed by atoms with Gasteiger partial charge in [0.1, 0.15) is 0 Å². The van der Waals surface area contributed by atoms with Crippen molar-refractivity contribution >= 4 is 5.78 Å². The van der Waals surface area contributed by atoms with Gasteiger partial charge < -0.3 is 0 Å². The fourth-order valence-corrected chi connectivity index (χ4v) is 1.68. The largest absolute Gasteiger partial charge is 0.295 e. The van der Waals surface area contributed by atoms with Crippen molar-refractivity contribution in [3.8, 4) is 0 Å². The van der Waals surface area contributed by atoms with Gasteiger partial charge in [-0.25, -0.2) is 0 Å². The molecule has 1 aliphatic rings. The van der Waals surface area contributed by atoms with E-state index in [1.54, 1.807) is 6.92 Å². The first-order chi connectivity index (χ1) is 7.30. The van der Waals surface area contributed by atoms with E-state index in [1.807, 2.05) is 0 Å². The van der Waals surface area contributed by atoms with E-state index in [-0.39, 0.29) is 5.78 Å². The van der Waals surface area contributed by atoms with Crippen molar-refractivity contribution in [2.75, 3.05) is 0 Å². The van der Waals surface area contributed by atoms with Crippen molar-refractivity contribution in [1.29, 1.82) is 0 Å². The molecule has 1 heteroatoms. The highest BCUT2D eigenvalue weighted by Gasteiger charge is 2.01. The van der Waals surface area contributed by atoms with Gasteiger partial charge in [0.2, 0.25) is 0 Å². The second-order valence-electron chi connectivity index (χ2n) is 3.92. The summed E-state index contributed by atoms with van der Waals surface area (Å²) >= 11 is 0. The molecular formula is C14H20O. The molecule has 0 unspecified atom stereocenters. The molecule has 0 amide bonds. The SMILES string of the molecule is CC(=O)/C1=C\CC/C=C/CC/C=C/CC1. The first-order valence-electron chi connectivity index (χ1n) is 5.80. The summed E-state index contributed by atoms with van der Waals surface area (Å²) < 4.78 is 0. The number of Topliss-reactive ketones (excluding diaryl/α,β-unsaturated/α-hetero) is 1. The lowest BCUT2D eigenvalue weighted by Gasteiger charge is -2.01. The van der Waals surface area contributed by atoms with Crippen LogP contribution in [-0.4, -0.2) is 5.78 Å². The second-order valence-corrected chi connectivity index (χ2v) is 3.92. The Kier molecular flexibility index (Phi) is 5.76. The highest BCUT2D eigenvalue weighted by atomic mass is 16.1. The summed E-state index contributed by atoms with van der Waals surface area (Å²) in [6, 6.07) is 0. The zero-order valence-corrected chi connectivity index (χ0v) is 9.54. The molecule has 0 N–H and O–H groups in total. The minimum absolute atomic E-state index is 0.226. The fraction of sp³-hybridized carbons (Fsp3) is 0.500. The lowest BCUT2D eigenvalue weighted by molar-refractivity contribution is -0.113. The molecule has 0 radical (unpaired) electrons. The summed E-state index contributed by atoms with van der Waals surface area (Å²) in [4.78, 5) is 11.3. The van der Waals surface area contributed by atoms with E-state index in [2.05, 4.69) is 30.4 Å². The van der Waals surface area contributed by atoms with E-state index in [1.165, 1.54) is 0 Å². The Balaban J connectivity index is 2.59. The van der Waals surface area contributed by atoms with Gasteiger partial charge in [-0.05, 0) is 51.0 Å². The molecule has 0 bridgehead atoms. The maximum atomic E-state index is 11.3. The van der Waals surface area contributed by atoms with Crippen LogP contribution in [0.4, 0.5) is 0 Å². The maximum absolute atomic E-state index is 11.3. The Hall–Kier alpha value is -1.11. The number of allylic oxidation sites excluding steroid dienone is 6. The third-order valence-corrected chi connectivity index (χ3v) is 2.59. The van der Waals surface area contributed by atoms with Gasteiger partial charge in [0.15, 0.2) is 5.78 Å². The second kappa shape index (κ2) is 7.22. The molecule has 0 atom stereocenters. The van der Waals surface area contributed by atoms with Gasteiger partial charge in [-0.1, -0.05) is 30.4 Å². The molecule has 1 nitrogen and oxygen atoms in total. The van der Waals surface area contributed by atoms with Crippen molar-refractivity contribution in [2.45, 2.75) is 45.4 Å². The minimum atomic E-state index is 0.226. The average molecular weight is 204 g/mol. The van der Waals surface area contributed by atoms with Crippen LogP contribution in [0, 0.1) is 0 Å². The van der Waals surface area contributed by atoms with Gasteiger partial charge >= 0.3 is 0 Å². The summed E-state index contributed by atoms with van der Waals surface area (Å²) in [6.45, 7) is 1.66. The Morgan fingerprint density at radius 1 is 0.933 bits per heavy atom. The number of ketones is 1. The summed E-state index contributed by atoms with van der Waals surface area (Å²) in [6.07, 6.45) is 17.1. The molecule has 0 aromatic rings. The van der Waals surface area contributed by atoms with Crippen LogP contribution in [0.2, 0.25) is 0 Å². The molecule has 0 fully saturated rings. The molecule has 0 heterocycles. The molecule has 0 saturated carbocycles. The van der Waals surface area contributed by atoms with E-state index in [0.29, 0.717) is 0 Å². The number of rotatable bonds is 1. The smallest absolute Gasteiger partial charge is 0.155 e. The van der Waals surface area contributed by atoms with Crippen LogP contribution in [0.3, 0.4) is 0 Å². The number of carbonyl (C=O) groups excluding carboxylic acids is 1. The maximum Gasteiger partial charge on any atom is 0.155 e. The summed E-state index contributed by atoms with van der Waals surface area (Å²) in [5.41, 5.74) is 0.994. The molecule has 0 saturated heterocycles. The first-order valence-corrected chi connectivity index (χ1v) is 5.80. The van der Waals surface area contributed by atoms with Crippen molar-refractivity contribution in [3.63, 3.8) is 0 Å². The first kappa shape index (κ1) is 12.0. The van der Waals surface area contributed by atoms with Crippen molar-refractivity contribution < 1.29 is 4.79 Å². The quantitative estimate of drug-likeness (QED) is 0.591. The Morgan fingerprint density at radius 2 is 1.47 bits per heavy atom. The van der Waals surface area contributed by atoms with Crippen LogP contribution in [-0.2, 0) is 4.79 Å². The van der Waals surface area contributed by atoms with Gasteiger partial charge in [0.25, 0.3) is 0 Å². The van der Waals surface area contributed by atoms with Crippen LogP contribution in [0.1, 0.15) is 45.4 Å². The Bertz CT molecular complexity index is 282. The zero-order valence-electron chi connectivity index (χ0n) is 9.54. The molecule has 0 aromatic heterocycles. The van der Waals surface area contributed by atoms with E-state index in [0.717, 1.165) is 44.1 Å². The fourth-order valence-electron chi connectivity index (χ4n) is 1.68. The zero-order chi connectivity index (χ0) is 10.9. The molecule has 1 aliphatic carbocycles. The highest BCUT2D eigenvalue weighted by Crippen LogP contribution is 2.11. The monoisotopic (exact) mass is 204 g/mol. The Labute approximate surface area is 92.6 Å². The Morgan fingerprint density at radius 3 is 2.07 bits per heavy atom. The van der Waals surface area contributed by atoms with Crippen LogP contribution in [0.25, 0.3) is 0 Å². The van der Waals surface area contributed by atoms with Gasteiger partial charge in [-0.2, -0.15) is 0 Å². The summed E-state index contributed by atoms with van der Waals surface area (Å²) in [5, 5.41) is 0. The number of carbonyl (C=O) groups is 1. The van der Waals surface area contributed by atoms with E-state index in [9.17, 15) is 4.79 Å². The van der Waals surface area contributed by atoms with Crippen LogP contribution < -0.4 is 0 Å². The topological polar surface area (TPSA) is 17.1 Å². The van der Waals surface area contributed by atoms with E-state index in [4.69, 9.17) is 0 Å². The lowest BCUT2D eigenvalue weighted by Crippen LogP contribution is -1.96. The highest BCUT2D eigenvalue weighted by molar-refractivity contribution is 5.93. The third-order valence-electron chi connectivity index (χ3n) is 2.59. The molecular weight excluding hydrogens is 184 g/mol. The van der Waals surface area contributed by atoms with Gasteiger partial charge in [0.05, 0.1) is 0 Å². The predicted molar refractivity (Wildman–Crippen MR) is 64.7 cm³/mol. The average Bonchev–Trinajstić information content (AvgIpc) is 2.18. The predicted octanol–water partition coefficient (Wildman–Crippen LogP) is 3.97. The van der Waals surface area contributed by atoms with Gasteiger partial charge in [0, 0.05) is 0 Å². The molecule has 82 valence electrons. The van der Waals surface area contributed by atoms with Crippen LogP contribution in [0.5, 0.6) is 0 Å². The number of hydrogen-bond acceptors (Lipinski definition) is 1. The van der Waals surface area contributed by atoms with Crippen LogP contribution in [0.15, 0.2) is 36.0 Å². The molecule has 0 spiro atoms. The normalized spacial score (nSPS) is 26.6. The summed E-state index contributed by atoms with van der Waals surface area (Å²) in [5.74, 6) is 0.226. The van der Waals surface area contributed by atoms with E-state index >= 15 is 0 Å². The molecule has 1 rings (SSSR count). The van der Waals surface area contributed by atoms with Crippen molar-refractivity contribution in [3.05, 3.63) is 36.0 Å². The molecule has 0 aromatic carbocycles. The third kappa shape index (κ3) is 5.36. The van der Waals surface area contributed by atoms with E-state index < -0.39 is 0 Å². The molecule has 0 aliphatic heterocycles.